The number of hydrogen-bond donors (Lipinski definition) is 3. The van der Waals surface area contributed by atoms with Crippen molar-refractivity contribution in [2.45, 2.75) is 43.9 Å². The third kappa shape index (κ3) is 9.77. The largest absolute Gasteiger partial charge is 0.370 e. The van der Waals surface area contributed by atoms with Crippen LogP contribution in [-0.2, 0) is 16.4 Å². The number of sulfonamides is 1. The number of hydrogen-bond acceptors (Lipinski definition) is 3. The Morgan fingerprint density at radius 2 is 1.83 bits per heavy atom. The molecule has 8 heteroatoms. The Bertz CT molecular complexity index is 574. The van der Waals surface area contributed by atoms with E-state index in [-0.39, 0.29) is 28.9 Å². The van der Waals surface area contributed by atoms with Crippen molar-refractivity contribution in [1.82, 2.24) is 5.32 Å². The highest BCUT2D eigenvalue weighted by atomic mass is 127. The summed E-state index contributed by atoms with van der Waals surface area (Å²) in [6.07, 6.45) is 5.42. The van der Waals surface area contributed by atoms with Crippen LogP contribution in [0.1, 0.15) is 38.2 Å². The summed E-state index contributed by atoms with van der Waals surface area (Å²) in [5.41, 5.74) is 6.79. The molecule has 0 fully saturated rings. The minimum Gasteiger partial charge on any atom is -0.370 e. The molecule has 0 amide bonds. The molecule has 0 saturated heterocycles. The van der Waals surface area contributed by atoms with Gasteiger partial charge in [0.25, 0.3) is 0 Å². The molecule has 0 heterocycles. The zero-order valence-corrected chi connectivity index (χ0v) is 16.6. The molecule has 0 aromatic heterocycles. The molecule has 1 rings (SSSR count). The van der Waals surface area contributed by atoms with Gasteiger partial charge >= 0.3 is 0 Å². The van der Waals surface area contributed by atoms with Gasteiger partial charge in [-0.05, 0) is 30.5 Å². The fourth-order valence-electron chi connectivity index (χ4n) is 1.97. The third-order valence-electron chi connectivity index (χ3n) is 3.27. The number of unbranched alkanes of at least 4 members (excludes halogenated alkanes) is 3. The van der Waals surface area contributed by atoms with Crippen LogP contribution in [0.4, 0.5) is 0 Å². The van der Waals surface area contributed by atoms with Crippen LogP contribution in [0, 0.1) is 0 Å². The molecule has 0 aliphatic heterocycles. The Hall–Kier alpha value is -0.870. The van der Waals surface area contributed by atoms with Crippen LogP contribution in [0.2, 0.25) is 0 Å². The first kappa shape index (κ1) is 22.1. The number of rotatable bonds is 9. The van der Waals surface area contributed by atoms with Crippen molar-refractivity contribution in [3.63, 3.8) is 0 Å². The normalized spacial score (nSPS) is 11.8. The molecule has 0 unspecified atom stereocenters. The van der Waals surface area contributed by atoms with E-state index in [1.807, 2.05) is 0 Å². The van der Waals surface area contributed by atoms with Crippen LogP contribution in [0.25, 0.3) is 0 Å². The maximum absolute atomic E-state index is 11.1. The third-order valence-corrected chi connectivity index (χ3v) is 4.19. The Labute approximate surface area is 156 Å². The van der Waals surface area contributed by atoms with Gasteiger partial charge < -0.3 is 11.1 Å². The molecule has 132 valence electrons. The summed E-state index contributed by atoms with van der Waals surface area (Å²) in [6.45, 7) is 3.58. The molecule has 0 saturated carbocycles. The van der Waals surface area contributed by atoms with Crippen LogP contribution in [0.3, 0.4) is 0 Å². The fourth-order valence-corrected chi connectivity index (χ4v) is 2.49. The van der Waals surface area contributed by atoms with Gasteiger partial charge in [0.15, 0.2) is 5.96 Å². The predicted molar refractivity (Wildman–Crippen MR) is 106 cm³/mol. The molecule has 5 N–H and O–H groups in total. The first-order valence-electron chi connectivity index (χ1n) is 7.59. The number of aliphatic imine (C=N–C) groups is 1. The predicted octanol–water partition coefficient (Wildman–Crippen LogP) is 1.98. The Morgan fingerprint density at radius 3 is 2.39 bits per heavy atom. The smallest absolute Gasteiger partial charge is 0.238 e. The van der Waals surface area contributed by atoms with Crippen LogP contribution in [-0.4, -0.2) is 27.5 Å². The van der Waals surface area contributed by atoms with Crippen molar-refractivity contribution >= 4 is 40.0 Å². The monoisotopic (exact) mass is 454 g/mol. The minimum absolute atomic E-state index is 0. The van der Waals surface area contributed by atoms with Crippen LogP contribution in [0.15, 0.2) is 34.2 Å². The van der Waals surface area contributed by atoms with Gasteiger partial charge in [0.05, 0.1) is 4.90 Å². The van der Waals surface area contributed by atoms with Crippen LogP contribution in [0.5, 0.6) is 0 Å². The highest BCUT2D eigenvalue weighted by molar-refractivity contribution is 14.0. The first-order chi connectivity index (χ1) is 10.4. The lowest BCUT2D eigenvalue weighted by Gasteiger charge is -2.06. The van der Waals surface area contributed by atoms with Gasteiger partial charge in [0.2, 0.25) is 10.0 Å². The molecule has 0 aliphatic carbocycles. The van der Waals surface area contributed by atoms with Crippen molar-refractivity contribution in [2.75, 3.05) is 13.1 Å². The second kappa shape index (κ2) is 11.6. The van der Waals surface area contributed by atoms with E-state index in [1.54, 1.807) is 12.1 Å². The van der Waals surface area contributed by atoms with Gasteiger partial charge in [-0.25, -0.2) is 13.6 Å². The van der Waals surface area contributed by atoms with E-state index in [2.05, 4.69) is 17.2 Å². The summed E-state index contributed by atoms with van der Waals surface area (Å²) < 4.78 is 22.3. The number of guanidine groups is 1. The average Bonchev–Trinajstić information content (AvgIpc) is 2.46. The number of nitrogens with two attached hydrogens (primary N) is 2. The number of halogens is 1. The molecule has 0 atom stereocenters. The molecule has 0 aliphatic rings. The summed E-state index contributed by atoms with van der Waals surface area (Å²) >= 11 is 0. The fraction of sp³-hybridized carbons (Fsp3) is 0.533. The highest BCUT2D eigenvalue weighted by Gasteiger charge is 2.06. The van der Waals surface area contributed by atoms with E-state index in [4.69, 9.17) is 10.9 Å². The topological polar surface area (TPSA) is 111 Å². The molecule has 0 bridgehead atoms. The van der Waals surface area contributed by atoms with Crippen LogP contribution >= 0.6 is 24.0 Å². The Morgan fingerprint density at radius 1 is 1.17 bits per heavy atom. The molecule has 1 aromatic carbocycles. The Balaban J connectivity index is 0.00000484. The number of benzene rings is 1. The molecular weight excluding hydrogens is 427 g/mol. The standard InChI is InChI=1S/C15H26N4O2S.HI/c1-2-3-4-5-11-18-15(16)19-12-10-13-6-8-14(9-7-13)22(17,20)21;/h6-9H,2-5,10-12H2,1H3,(H3,16,18,19)(H2,17,20,21);1H. The summed E-state index contributed by atoms with van der Waals surface area (Å²) in [4.78, 5) is 4.38. The second-order valence-corrected chi connectivity index (χ2v) is 6.75. The first-order valence-corrected chi connectivity index (χ1v) is 9.13. The SMILES string of the molecule is CCCCCCN=C(N)NCCc1ccc(S(N)(=O)=O)cc1.I. The lowest BCUT2D eigenvalue weighted by molar-refractivity contribution is 0.598. The quantitative estimate of drug-likeness (QED) is 0.229. The van der Waals surface area contributed by atoms with Crippen molar-refractivity contribution in [1.29, 1.82) is 0 Å². The van der Waals surface area contributed by atoms with Gasteiger partial charge in [0.1, 0.15) is 0 Å². The minimum atomic E-state index is -3.63. The van der Waals surface area contributed by atoms with Crippen molar-refractivity contribution in [3.05, 3.63) is 29.8 Å². The average molecular weight is 454 g/mol. The van der Waals surface area contributed by atoms with Gasteiger partial charge in [-0.15, -0.1) is 24.0 Å². The maximum atomic E-state index is 11.1. The zero-order chi connectivity index (χ0) is 16.4. The molecule has 1 aromatic rings. The van der Waals surface area contributed by atoms with E-state index in [0.717, 1.165) is 24.9 Å². The van der Waals surface area contributed by atoms with Crippen LogP contribution < -0.4 is 16.2 Å². The number of nitrogens with one attached hydrogen (secondary N) is 1. The van der Waals surface area contributed by atoms with Crippen molar-refractivity contribution in [2.24, 2.45) is 15.9 Å². The summed E-state index contributed by atoms with van der Waals surface area (Å²) in [6, 6.07) is 6.52. The van der Waals surface area contributed by atoms with Gasteiger partial charge in [-0.3, -0.25) is 4.99 Å². The van der Waals surface area contributed by atoms with Gasteiger partial charge in [-0.2, -0.15) is 0 Å². The number of nitrogens with zero attached hydrogens (tertiary/aromatic N) is 1. The molecule has 6 nitrogen and oxygen atoms in total. The van der Waals surface area contributed by atoms with Gasteiger partial charge in [-0.1, -0.05) is 38.3 Å². The second-order valence-electron chi connectivity index (χ2n) is 5.19. The summed E-state index contributed by atoms with van der Waals surface area (Å²) in [7, 11) is -3.63. The van der Waals surface area contributed by atoms with Crippen molar-refractivity contribution < 1.29 is 8.42 Å². The maximum Gasteiger partial charge on any atom is 0.238 e. The lowest BCUT2D eigenvalue weighted by Crippen LogP contribution is -2.33. The Kier molecular flexibility index (Phi) is 11.2. The molecule has 0 spiro atoms. The van der Waals surface area contributed by atoms with Gasteiger partial charge in [0, 0.05) is 13.1 Å². The number of primary sulfonamides is 1. The lowest BCUT2D eigenvalue weighted by atomic mass is 10.1. The molecule has 0 radical (unpaired) electrons. The van der Waals surface area contributed by atoms with E-state index >= 15 is 0 Å². The highest BCUT2D eigenvalue weighted by Crippen LogP contribution is 2.08. The molecule has 23 heavy (non-hydrogen) atoms. The summed E-state index contributed by atoms with van der Waals surface area (Å²) in [5.74, 6) is 0.456. The van der Waals surface area contributed by atoms with E-state index < -0.39 is 10.0 Å². The van der Waals surface area contributed by atoms with E-state index in [9.17, 15) is 8.42 Å². The molecular formula is C15H27IN4O2S. The summed E-state index contributed by atoms with van der Waals surface area (Å²) in [5, 5.41) is 8.10. The zero-order valence-electron chi connectivity index (χ0n) is 13.5. The van der Waals surface area contributed by atoms with E-state index in [1.165, 1.54) is 31.4 Å². The van der Waals surface area contributed by atoms with Crippen molar-refractivity contribution in [3.8, 4) is 0 Å². The van der Waals surface area contributed by atoms with E-state index in [0.29, 0.717) is 12.5 Å².